The van der Waals surface area contributed by atoms with Gasteiger partial charge in [0.1, 0.15) is 0 Å². The first kappa shape index (κ1) is 7.59. The van der Waals surface area contributed by atoms with Gasteiger partial charge in [0, 0.05) is 6.54 Å². The first-order valence-corrected chi connectivity index (χ1v) is 3.20. The maximum atomic E-state index is 10.3. The third-order valence-electron chi connectivity index (χ3n) is 1.26. The smallest absolute Gasteiger partial charge is 0.184 e. The number of aldehydes is 1. The molecular weight excluding hydrogens is 144 g/mol. The molecule has 0 spiro atoms. The fourth-order valence-electron chi connectivity index (χ4n) is 0.700. The monoisotopic (exact) mass is 152 g/mol. The Kier molecular flexibility index (Phi) is 2.10. The molecule has 0 aliphatic heterocycles. The van der Waals surface area contributed by atoms with Crippen LogP contribution in [-0.4, -0.2) is 26.5 Å². The van der Waals surface area contributed by atoms with Crippen LogP contribution >= 0.6 is 0 Å². The quantitative estimate of drug-likeness (QED) is 0.448. The predicted octanol–water partition coefficient (Wildman–Crippen LogP) is -0.0949. The summed E-state index contributed by atoms with van der Waals surface area (Å²) < 4.78 is 1.51. The van der Waals surface area contributed by atoms with Crippen LogP contribution in [0.4, 0.5) is 0 Å². The van der Waals surface area contributed by atoms with E-state index in [0.29, 0.717) is 24.2 Å². The zero-order chi connectivity index (χ0) is 8.27. The summed E-state index contributed by atoms with van der Waals surface area (Å²) >= 11 is 0. The van der Waals surface area contributed by atoms with Gasteiger partial charge in [-0.05, 0) is 17.4 Å². The molecule has 1 aromatic heterocycles. The highest BCUT2D eigenvalue weighted by atomic mass is 16.1. The van der Waals surface area contributed by atoms with Crippen molar-refractivity contribution in [1.29, 1.82) is 0 Å². The Bertz CT molecular complexity index is 278. The van der Waals surface area contributed by atoms with E-state index in [0.717, 1.165) is 0 Å². The minimum Gasteiger partial charge on any atom is -0.298 e. The molecule has 0 unspecified atom stereocenters. The molecule has 1 rings (SSSR count). The normalized spacial score (nSPS) is 9.55. The lowest BCUT2D eigenvalue weighted by atomic mass is 10.3. The topological polar surface area (TPSA) is 60.7 Å². The van der Waals surface area contributed by atoms with E-state index in [-0.39, 0.29) is 0 Å². The average Bonchev–Trinajstić information content (AvgIpc) is 2.50. The molecule has 0 amide bonds. The number of hydrogen-bond acceptors (Lipinski definition) is 4. The van der Waals surface area contributed by atoms with E-state index in [1.54, 1.807) is 0 Å². The van der Waals surface area contributed by atoms with Crippen molar-refractivity contribution >= 4 is 11.9 Å². The SMILES string of the molecule is C=C(C=O)c1nnnn1CC. The molecule has 1 aromatic rings. The molecule has 0 aliphatic carbocycles. The van der Waals surface area contributed by atoms with E-state index in [1.165, 1.54) is 4.68 Å². The third-order valence-corrected chi connectivity index (χ3v) is 1.26. The number of tetrazole rings is 1. The number of nitrogens with zero attached hydrogens (tertiary/aromatic N) is 4. The average molecular weight is 152 g/mol. The van der Waals surface area contributed by atoms with Crippen molar-refractivity contribution in [2.45, 2.75) is 13.5 Å². The second-order valence-electron chi connectivity index (χ2n) is 1.96. The fourth-order valence-corrected chi connectivity index (χ4v) is 0.700. The van der Waals surface area contributed by atoms with Gasteiger partial charge in [0.25, 0.3) is 0 Å². The fraction of sp³-hybridized carbons (Fsp3) is 0.333. The van der Waals surface area contributed by atoms with Crippen molar-refractivity contribution in [2.24, 2.45) is 0 Å². The summed E-state index contributed by atoms with van der Waals surface area (Å²) in [5, 5.41) is 10.7. The highest BCUT2D eigenvalue weighted by Gasteiger charge is 2.06. The van der Waals surface area contributed by atoms with Gasteiger partial charge in [-0.15, -0.1) is 5.10 Å². The summed E-state index contributed by atoms with van der Waals surface area (Å²) in [5.41, 5.74) is 0.303. The van der Waals surface area contributed by atoms with Crippen LogP contribution in [0, 0.1) is 0 Å². The summed E-state index contributed by atoms with van der Waals surface area (Å²) in [6.45, 7) is 6.01. The van der Waals surface area contributed by atoms with E-state index in [2.05, 4.69) is 22.1 Å². The summed E-state index contributed by atoms with van der Waals surface area (Å²) in [6.07, 6.45) is 0.637. The molecule has 0 saturated heterocycles. The lowest BCUT2D eigenvalue weighted by molar-refractivity contribution is -0.103. The van der Waals surface area contributed by atoms with Crippen molar-refractivity contribution in [3.05, 3.63) is 12.4 Å². The Morgan fingerprint density at radius 2 is 2.55 bits per heavy atom. The predicted molar refractivity (Wildman–Crippen MR) is 38.6 cm³/mol. The first-order chi connectivity index (χ1) is 5.29. The van der Waals surface area contributed by atoms with Crippen LogP contribution in [0.3, 0.4) is 0 Å². The van der Waals surface area contributed by atoms with Crippen molar-refractivity contribution < 1.29 is 4.79 Å². The number of carbonyl (C=O) groups excluding carboxylic acids is 1. The number of hydrogen-bond donors (Lipinski definition) is 0. The number of aromatic nitrogens is 4. The first-order valence-electron chi connectivity index (χ1n) is 3.20. The molecule has 0 bridgehead atoms. The van der Waals surface area contributed by atoms with Crippen LogP contribution in [0.25, 0.3) is 5.57 Å². The highest BCUT2D eigenvalue weighted by molar-refractivity contribution is 6.03. The Labute approximate surface area is 63.7 Å². The third kappa shape index (κ3) is 1.31. The molecule has 5 nitrogen and oxygen atoms in total. The van der Waals surface area contributed by atoms with Crippen molar-refractivity contribution in [3.63, 3.8) is 0 Å². The van der Waals surface area contributed by atoms with E-state index in [1.807, 2.05) is 6.92 Å². The molecule has 0 saturated carbocycles. The maximum absolute atomic E-state index is 10.3. The summed E-state index contributed by atoms with van der Waals surface area (Å²) in [4.78, 5) is 10.3. The standard InChI is InChI=1S/C6H8N4O/c1-3-10-6(5(2)4-11)7-8-9-10/h4H,2-3H2,1H3. The Morgan fingerprint density at radius 1 is 1.82 bits per heavy atom. The van der Waals surface area contributed by atoms with Gasteiger partial charge in [0.05, 0.1) is 5.57 Å². The summed E-state index contributed by atoms with van der Waals surface area (Å²) in [7, 11) is 0. The number of rotatable bonds is 3. The van der Waals surface area contributed by atoms with E-state index >= 15 is 0 Å². The zero-order valence-corrected chi connectivity index (χ0v) is 6.19. The van der Waals surface area contributed by atoms with Gasteiger partial charge in [-0.25, -0.2) is 4.68 Å². The Morgan fingerprint density at radius 3 is 3.09 bits per heavy atom. The molecule has 0 atom stereocenters. The minimum absolute atomic E-state index is 0.303. The highest BCUT2D eigenvalue weighted by Crippen LogP contribution is 2.02. The van der Waals surface area contributed by atoms with Crippen LogP contribution in [0.2, 0.25) is 0 Å². The second-order valence-corrected chi connectivity index (χ2v) is 1.96. The summed E-state index contributed by atoms with van der Waals surface area (Å²) in [6, 6.07) is 0. The van der Waals surface area contributed by atoms with Gasteiger partial charge in [-0.1, -0.05) is 6.58 Å². The molecule has 5 heteroatoms. The van der Waals surface area contributed by atoms with Crippen LogP contribution in [0.5, 0.6) is 0 Å². The van der Waals surface area contributed by atoms with Crippen LogP contribution in [0.15, 0.2) is 6.58 Å². The van der Waals surface area contributed by atoms with Crippen molar-refractivity contribution in [3.8, 4) is 0 Å². The molecule has 58 valence electrons. The maximum Gasteiger partial charge on any atom is 0.184 e. The van der Waals surface area contributed by atoms with Gasteiger partial charge in [-0.2, -0.15) is 0 Å². The van der Waals surface area contributed by atoms with Crippen molar-refractivity contribution in [2.75, 3.05) is 0 Å². The Hall–Kier alpha value is -1.52. The molecular formula is C6H8N4O. The number of aryl methyl sites for hydroxylation is 1. The van der Waals surface area contributed by atoms with E-state index in [9.17, 15) is 4.79 Å². The van der Waals surface area contributed by atoms with Gasteiger partial charge in [0.2, 0.25) is 0 Å². The molecule has 1 heterocycles. The largest absolute Gasteiger partial charge is 0.298 e. The Balaban J connectivity index is 3.01. The van der Waals surface area contributed by atoms with Crippen LogP contribution in [0.1, 0.15) is 12.7 Å². The minimum atomic E-state index is 0.303. The molecule has 0 aliphatic rings. The van der Waals surface area contributed by atoms with Gasteiger partial charge in [0.15, 0.2) is 12.1 Å². The molecule has 11 heavy (non-hydrogen) atoms. The lowest BCUT2D eigenvalue weighted by Gasteiger charge is -1.96. The van der Waals surface area contributed by atoms with Crippen LogP contribution in [-0.2, 0) is 11.3 Å². The summed E-state index contributed by atoms with van der Waals surface area (Å²) in [5.74, 6) is 0.433. The molecule has 0 fully saturated rings. The van der Waals surface area contributed by atoms with Gasteiger partial charge in [-0.3, -0.25) is 4.79 Å². The number of carbonyl (C=O) groups is 1. The van der Waals surface area contributed by atoms with E-state index < -0.39 is 0 Å². The molecule has 0 aromatic carbocycles. The molecule has 0 radical (unpaired) electrons. The van der Waals surface area contributed by atoms with Crippen molar-refractivity contribution in [1.82, 2.24) is 20.2 Å². The molecule has 0 N–H and O–H groups in total. The van der Waals surface area contributed by atoms with Gasteiger partial charge < -0.3 is 0 Å². The number of allylic oxidation sites excluding steroid dienone is 1. The van der Waals surface area contributed by atoms with E-state index in [4.69, 9.17) is 0 Å². The van der Waals surface area contributed by atoms with Gasteiger partial charge >= 0.3 is 0 Å². The van der Waals surface area contributed by atoms with Crippen LogP contribution < -0.4 is 0 Å². The lowest BCUT2D eigenvalue weighted by Crippen LogP contribution is -2.02. The second kappa shape index (κ2) is 3.05. The zero-order valence-electron chi connectivity index (χ0n) is 6.19.